The fraction of sp³-hybridized carbons (Fsp3) is 0.588. The van der Waals surface area contributed by atoms with Crippen LogP contribution in [0.5, 0.6) is 0 Å². The number of likely N-dealkylation sites (N-methyl/N-ethyl adjacent to an activating group) is 1. The summed E-state index contributed by atoms with van der Waals surface area (Å²) >= 11 is 0. The number of nitrogens with zero attached hydrogens (tertiary/aromatic N) is 2. The van der Waals surface area contributed by atoms with Crippen molar-refractivity contribution in [2.45, 2.75) is 47.1 Å². The molecule has 0 unspecified atom stereocenters. The van der Waals surface area contributed by atoms with E-state index < -0.39 is 0 Å². The van der Waals surface area contributed by atoms with Crippen molar-refractivity contribution in [3.8, 4) is 0 Å². The summed E-state index contributed by atoms with van der Waals surface area (Å²) in [7, 11) is 3.59. The second-order valence-corrected chi connectivity index (χ2v) is 5.16. The average Bonchev–Trinajstić information content (AvgIpc) is 2.47. The van der Waals surface area contributed by atoms with E-state index in [0.717, 1.165) is 17.8 Å². The van der Waals surface area contributed by atoms with Gasteiger partial charge >= 0.3 is 5.97 Å². The van der Waals surface area contributed by atoms with E-state index in [2.05, 4.69) is 14.7 Å². The predicted molar refractivity (Wildman–Crippen MR) is 110 cm³/mol. The van der Waals surface area contributed by atoms with E-state index >= 15 is 0 Å². The smallest absolute Gasteiger partial charge is 0.303 e. The minimum atomic E-state index is -0.203. The molecule has 0 saturated carbocycles. The Morgan fingerprint density at radius 2 is 2.15 bits per heavy atom. The molecule has 0 aromatic carbocycles. The number of hydrogen-bond donors (Lipinski definition) is 2. The largest absolute Gasteiger partial charge is 0.472 e. The molecule has 27 heavy (non-hydrogen) atoms. The van der Waals surface area contributed by atoms with Gasteiger partial charge in [0.25, 0.3) is 5.56 Å². The molecule has 0 atom stereocenters. The van der Waals surface area contributed by atoms with E-state index in [1.807, 2.05) is 18.5 Å². The summed E-state index contributed by atoms with van der Waals surface area (Å²) in [6.45, 7) is 8.37. The van der Waals surface area contributed by atoms with Gasteiger partial charge in [-0.1, -0.05) is 7.43 Å². The number of aromatic nitrogens is 2. The number of aryl methyl sites for hydroxylation is 1. The molecule has 0 aliphatic carbocycles. The third kappa shape index (κ3) is 14.8. The maximum atomic E-state index is 11.5. The average molecular weight is 646 g/mol. The number of aromatic amines is 1. The normalized spacial score (nSPS) is 12.4. The van der Waals surface area contributed by atoms with E-state index in [9.17, 15) is 9.59 Å². The molecule has 0 fully saturated rings. The molecule has 2 rings (SSSR count). The topological polar surface area (TPSA) is 87.3 Å². The Hall–Kier alpha value is 1.21. The van der Waals surface area contributed by atoms with Gasteiger partial charge in [-0.25, -0.2) is 4.98 Å². The van der Waals surface area contributed by atoms with Gasteiger partial charge in [0, 0.05) is 83.9 Å². The minimum absolute atomic E-state index is 0. The number of H-pyrrole nitrogens is 1. The van der Waals surface area contributed by atoms with Crippen molar-refractivity contribution in [1.82, 2.24) is 20.2 Å². The summed E-state index contributed by atoms with van der Waals surface area (Å²) in [5, 5.41) is 1.18. The van der Waals surface area contributed by atoms with Gasteiger partial charge in [-0.2, -0.15) is 6.42 Å². The number of carbonyl (C=O) groups is 1. The van der Waals surface area contributed by atoms with Crippen molar-refractivity contribution in [3.05, 3.63) is 40.5 Å². The molecule has 7 nitrogen and oxygen atoms in total. The van der Waals surface area contributed by atoms with Crippen LogP contribution in [0.3, 0.4) is 0 Å². The van der Waals surface area contributed by atoms with Crippen LogP contribution >= 0.6 is 24.0 Å². The molecule has 0 amide bonds. The SMILES string of the molecule is C.Cc1nc2c(c(=O)[nH]1)C[CH-]N(C)C2.I.[3H]N(C)[CH-]CCC(=O)OCC.[Y].[Y]. The summed E-state index contributed by atoms with van der Waals surface area (Å²) in [6.07, 6.45) is 1.62. The Labute approximate surface area is 232 Å². The van der Waals surface area contributed by atoms with Crippen LogP contribution < -0.4 is 10.9 Å². The number of fused-ring (bicyclic) bond motifs is 1. The molecule has 152 valence electrons. The summed E-state index contributed by atoms with van der Waals surface area (Å²) in [6, 6.07) is 0. The van der Waals surface area contributed by atoms with Crippen LogP contribution in [0.2, 0.25) is 1.41 Å². The second-order valence-electron chi connectivity index (χ2n) is 5.16. The zero-order valence-electron chi connectivity index (χ0n) is 16.8. The van der Waals surface area contributed by atoms with Gasteiger partial charge in [-0.15, -0.1) is 30.4 Å². The number of ether oxygens (including phenoxy) is 1. The first-order valence-corrected chi connectivity index (χ1v) is 7.66. The molecular formula is C17H31IN4O3Y2-2. The van der Waals surface area contributed by atoms with Gasteiger partial charge in [0.1, 0.15) is 5.82 Å². The van der Waals surface area contributed by atoms with Crippen LogP contribution in [0.1, 0.15) is 44.3 Å². The second kappa shape index (κ2) is 20.5. The van der Waals surface area contributed by atoms with Crippen LogP contribution in [0.25, 0.3) is 0 Å². The Balaban J connectivity index is -0.000000183. The molecule has 1 aliphatic heterocycles. The predicted octanol–water partition coefficient (Wildman–Crippen LogP) is 2.19. The number of hydrogen-bond acceptors (Lipinski definition) is 6. The molecule has 2 heterocycles. The summed E-state index contributed by atoms with van der Waals surface area (Å²) in [5.74, 6) is 0.490. The van der Waals surface area contributed by atoms with E-state index in [4.69, 9.17) is 1.41 Å². The summed E-state index contributed by atoms with van der Waals surface area (Å²) in [5.41, 5.74) is 1.72. The molecule has 0 bridgehead atoms. The van der Waals surface area contributed by atoms with Crippen LogP contribution in [0, 0.1) is 20.0 Å². The first-order chi connectivity index (χ1) is 11.3. The van der Waals surface area contributed by atoms with Gasteiger partial charge in [0.15, 0.2) is 0 Å². The first-order valence-electron chi connectivity index (χ1n) is 8.11. The van der Waals surface area contributed by atoms with Gasteiger partial charge in [-0.05, 0) is 27.9 Å². The zero-order valence-corrected chi connectivity index (χ0v) is 23.8. The Bertz CT molecular complexity index is 606. The molecule has 1 aromatic heterocycles. The molecule has 2 radical (unpaired) electrons. The Kier molecular flexibility index (Phi) is 24.9. The molecule has 10 heteroatoms. The van der Waals surface area contributed by atoms with E-state index in [1.54, 1.807) is 27.4 Å². The maximum absolute atomic E-state index is 11.5. The van der Waals surface area contributed by atoms with Gasteiger partial charge in [0.05, 0.1) is 13.7 Å². The van der Waals surface area contributed by atoms with Crippen LogP contribution in [0.15, 0.2) is 4.79 Å². The fourth-order valence-electron chi connectivity index (χ4n) is 2.10. The number of halogens is 1. The van der Waals surface area contributed by atoms with Crippen molar-refractivity contribution in [1.29, 1.82) is 0 Å². The van der Waals surface area contributed by atoms with Gasteiger partial charge < -0.3 is 19.9 Å². The molecule has 1 aromatic rings. The third-order valence-corrected chi connectivity index (χ3v) is 3.19. The van der Waals surface area contributed by atoms with Crippen LogP contribution in [-0.4, -0.2) is 41.5 Å². The summed E-state index contributed by atoms with van der Waals surface area (Å²) < 4.78 is 11.6. The van der Waals surface area contributed by atoms with Crippen molar-refractivity contribution in [2.24, 2.45) is 0 Å². The number of rotatable bonds is 5. The molecule has 2 N–H and O–H groups in total. The van der Waals surface area contributed by atoms with Crippen molar-refractivity contribution in [3.63, 3.8) is 0 Å². The van der Waals surface area contributed by atoms with Crippen molar-refractivity contribution in [2.75, 3.05) is 20.7 Å². The minimum Gasteiger partial charge on any atom is -0.472 e. The monoisotopic (exact) mass is 646 g/mol. The number of carbonyl (C=O) groups excluding carboxylic acids is 1. The first kappa shape index (κ1) is 32.9. The Morgan fingerprint density at radius 3 is 2.70 bits per heavy atom. The maximum Gasteiger partial charge on any atom is 0.303 e. The zero-order chi connectivity index (χ0) is 18.1. The van der Waals surface area contributed by atoms with Crippen molar-refractivity contribution < 1.29 is 76.4 Å². The van der Waals surface area contributed by atoms with E-state index in [1.165, 1.54) is 5.31 Å². The third-order valence-electron chi connectivity index (χ3n) is 3.19. The number of esters is 1. The van der Waals surface area contributed by atoms with Crippen LogP contribution in [-0.2, 0) is 87.9 Å². The molecule has 0 spiro atoms. The van der Waals surface area contributed by atoms with Crippen molar-refractivity contribution >= 4 is 29.9 Å². The van der Waals surface area contributed by atoms with Gasteiger partial charge in [0.2, 0.25) is 0 Å². The van der Waals surface area contributed by atoms with E-state index in [0.29, 0.717) is 31.7 Å². The van der Waals surface area contributed by atoms with Gasteiger partial charge in [-0.3, -0.25) is 22.7 Å². The quantitative estimate of drug-likeness (QED) is 0.290. The fourth-order valence-corrected chi connectivity index (χ4v) is 2.10. The standard InChI is InChI=1S/C9H12N3O.C7H14NO2.CH4.HI.2Y/c1-6-10-8-5-12(2)4-3-7(8)9(13)11-6;1-3-10-7(9)5-4-6-8-2;;;;/h4H,3,5H2,1-2H3,(H,10,11,13);6,8H,3-5H2,1-2H3;1H4;1H;;/q2*-1;;;;/i/hT. The summed E-state index contributed by atoms with van der Waals surface area (Å²) in [4.78, 5) is 31.2. The molecular weight excluding hydrogens is 613 g/mol. The van der Waals surface area contributed by atoms with E-state index in [-0.39, 0.29) is 108 Å². The van der Waals surface area contributed by atoms with Crippen LogP contribution in [0.4, 0.5) is 0 Å². The molecule has 1 aliphatic rings. The number of nitrogens with one attached hydrogen (secondary N) is 2. The Morgan fingerprint density at radius 1 is 1.52 bits per heavy atom. The molecule has 0 saturated heterocycles.